The number of aryl methyl sites for hydroxylation is 3. The maximum absolute atomic E-state index is 12.2. The van der Waals surface area contributed by atoms with Crippen LogP contribution in [-0.4, -0.2) is 8.42 Å². The van der Waals surface area contributed by atoms with Crippen LogP contribution in [-0.2, 0) is 10.1 Å². The molecular formula is C14H16NO3S+. The summed E-state index contributed by atoms with van der Waals surface area (Å²) >= 11 is 0. The molecule has 0 spiro atoms. The third-order valence-corrected chi connectivity index (χ3v) is 3.99. The van der Waals surface area contributed by atoms with Gasteiger partial charge in [0.15, 0.2) is 0 Å². The molecule has 2 rings (SSSR count). The van der Waals surface area contributed by atoms with Crippen molar-refractivity contribution >= 4 is 10.1 Å². The van der Waals surface area contributed by atoms with Crippen LogP contribution >= 0.6 is 0 Å². The van der Waals surface area contributed by atoms with E-state index in [1.165, 1.54) is 4.73 Å². The van der Waals surface area contributed by atoms with E-state index < -0.39 is 10.1 Å². The van der Waals surface area contributed by atoms with Crippen molar-refractivity contribution in [1.82, 2.24) is 0 Å². The monoisotopic (exact) mass is 278 g/mol. The molecule has 0 aliphatic heterocycles. The van der Waals surface area contributed by atoms with Gasteiger partial charge in [-0.2, -0.15) is 8.42 Å². The molecule has 19 heavy (non-hydrogen) atoms. The maximum atomic E-state index is 12.2. The Bertz CT molecular complexity index is 671. The Morgan fingerprint density at radius 2 is 1.42 bits per heavy atom. The largest absolute Gasteiger partial charge is 0.396 e. The normalized spacial score (nSPS) is 11.3. The lowest BCUT2D eigenvalue weighted by Crippen LogP contribution is -2.50. The summed E-state index contributed by atoms with van der Waals surface area (Å²) in [7, 11) is -3.81. The molecule has 0 bridgehead atoms. The number of hydrogen-bond donors (Lipinski definition) is 0. The minimum Gasteiger partial charge on any atom is -0.176 e. The van der Waals surface area contributed by atoms with E-state index in [4.69, 9.17) is 4.28 Å². The van der Waals surface area contributed by atoms with E-state index in [1.807, 2.05) is 13.0 Å². The Kier molecular flexibility index (Phi) is 3.57. The second-order valence-electron chi connectivity index (χ2n) is 4.44. The lowest BCUT2D eigenvalue weighted by Gasteiger charge is -2.04. The van der Waals surface area contributed by atoms with Gasteiger partial charge in [0, 0.05) is 30.7 Å². The third-order valence-electron chi connectivity index (χ3n) is 2.80. The first-order chi connectivity index (χ1) is 8.90. The van der Waals surface area contributed by atoms with Crippen molar-refractivity contribution in [2.45, 2.75) is 25.7 Å². The van der Waals surface area contributed by atoms with Crippen LogP contribution in [0.4, 0.5) is 0 Å². The number of pyridine rings is 1. The van der Waals surface area contributed by atoms with Crippen molar-refractivity contribution in [2.24, 2.45) is 0 Å². The molecular weight excluding hydrogens is 262 g/mol. The molecule has 1 heterocycles. The van der Waals surface area contributed by atoms with Crippen LogP contribution in [0.25, 0.3) is 0 Å². The molecule has 0 saturated heterocycles. The van der Waals surface area contributed by atoms with Gasteiger partial charge in [0.05, 0.1) is 0 Å². The molecule has 100 valence electrons. The second-order valence-corrected chi connectivity index (χ2v) is 5.97. The first-order valence-corrected chi connectivity index (χ1v) is 7.31. The Morgan fingerprint density at radius 1 is 0.895 bits per heavy atom. The van der Waals surface area contributed by atoms with Crippen LogP contribution in [0.2, 0.25) is 0 Å². The highest BCUT2D eigenvalue weighted by atomic mass is 32.2. The van der Waals surface area contributed by atoms with Crippen molar-refractivity contribution in [3.8, 4) is 0 Å². The molecule has 0 amide bonds. The van der Waals surface area contributed by atoms with Gasteiger partial charge in [0.1, 0.15) is 4.90 Å². The third kappa shape index (κ3) is 2.93. The van der Waals surface area contributed by atoms with Crippen molar-refractivity contribution in [3.05, 3.63) is 59.4 Å². The van der Waals surface area contributed by atoms with E-state index in [1.54, 1.807) is 50.2 Å². The van der Waals surface area contributed by atoms with Crippen LogP contribution in [0.15, 0.2) is 47.4 Å². The molecule has 0 atom stereocenters. The minimum atomic E-state index is -3.81. The number of nitrogens with zero attached hydrogens (tertiary/aromatic N) is 1. The van der Waals surface area contributed by atoms with Crippen molar-refractivity contribution in [1.29, 1.82) is 0 Å². The van der Waals surface area contributed by atoms with Crippen molar-refractivity contribution in [3.63, 3.8) is 0 Å². The summed E-state index contributed by atoms with van der Waals surface area (Å²) < 4.78 is 30.8. The van der Waals surface area contributed by atoms with Crippen molar-refractivity contribution in [2.75, 3.05) is 0 Å². The zero-order chi connectivity index (χ0) is 14.0. The summed E-state index contributed by atoms with van der Waals surface area (Å²) in [6.45, 7) is 5.48. The molecule has 0 unspecified atom stereocenters. The zero-order valence-electron chi connectivity index (χ0n) is 11.1. The van der Waals surface area contributed by atoms with Crippen molar-refractivity contribution < 1.29 is 17.4 Å². The fourth-order valence-corrected chi connectivity index (χ4v) is 2.69. The standard InChI is InChI=1S/C14H16NO3S/c1-11-7-9-14(10-8-11)19(16,17)18-15-12(2)5-4-6-13(15)3/h4-10H,1-3H3/q+1. The minimum absolute atomic E-state index is 0.147. The lowest BCUT2D eigenvalue weighted by molar-refractivity contribution is -0.865. The average molecular weight is 278 g/mol. The molecule has 5 heteroatoms. The van der Waals surface area contributed by atoms with Gasteiger partial charge in [-0.05, 0) is 25.1 Å². The fourth-order valence-electron chi connectivity index (χ4n) is 1.70. The van der Waals surface area contributed by atoms with Gasteiger partial charge in [-0.15, -0.1) is 4.28 Å². The van der Waals surface area contributed by atoms with Crippen LogP contribution < -0.4 is 9.01 Å². The highest BCUT2D eigenvalue weighted by molar-refractivity contribution is 7.86. The van der Waals surface area contributed by atoms with Crippen LogP contribution in [0.3, 0.4) is 0 Å². The summed E-state index contributed by atoms with van der Waals surface area (Å²) in [5.41, 5.74) is 2.44. The number of aromatic nitrogens is 1. The van der Waals surface area contributed by atoms with Gasteiger partial charge in [0.25, 0.3) is 0 Å². The van der Waals surface area contributed by atoms with Crippen LogP contribution in [0.1, 0.15) is 17.0 Å². The Hall–Kier alpha value is -1.88. The maximum Gasteiger partial charge on any atom is 0.396 e. The highest BCUT2D eigenvalue weighted by Crippen LogP contribution is 2.10. The van der Waals surface area contributed by atoms with E-state index in [0.29, 0.717) is 0 Å². The molecule has 1 aromatic heterocycles. The molecule has 0 aliphatic carbocycles. The molecule has 0 aliphatic rings. The van der Waals surface area contributed by atoms with Gasteiger partial charge in [-0.3, -0.25) is 0 Å². The summed E-state index contributed by atoms with van der Waals surface area (Å²) in [5.74, 6) is 0. The molecule has 4 nitrogen and oxygen atoms in total. The summed E-state index contributed by atoms with van der Waals surface area (Å²) in [6.07, 6.45) is 0. The first kappa shape index (κ1) is 13.5. The Balaban J connectivity index is 2.39. The van der Waals surface area contributed by atoms with E-state index >= 15 is 0 Å². The van der Waals surface area contributed by atoms with Gasteiger partial charge in [-0.1, -0.05) is 17.7 Å². The summed E-state index contributed by atoms with van der Waals surface area (Å²) in [5, 5.41) is 0. The zero-order valence-corrected chi connectivity index (χ0v) is 11.9. The first-order valence-electron chi connectivity index (χ1n) is 5.90. The molecule has 2 aromatic rings. The molecule has 0 N–H and O–H groups in total. The molecule has 0 saturated carbocycles. The van der Waals surface area contributed by atoms with Gasteiger partial charge in [0.2, 0.25) is 11.4 Å². The Morgan fingerprint density at radius 3 is 1.95 bits per heavy atom. The number of rotatable bonds is 3. The number of hydrogen-bond acceptors (Lipinski definition) is 3. The SMILES string of the molecule is Cc1ccc(S(=O)(=O)O[n+]2c(C)cccc2C)cc1. The predicted octanol–water partition coefficient (Wildman–Crippen LogP) is 1.72. The highest BCUT2D eigenvalue weighted by Gasteiger charge is 2.24. The van der Waals surface area contributed by atoms with Gasteiger partial charge >= 0.3 is 10.1 Å². The fraction of sp³-hybridized carbons (Fsp3) is 0.214. The van der Waals surface area contributed by atoms with E-state index in [2.05, 4.69) is 0 Å². The van der Waals surface area contributed by atoms with E-state index in [9.17, 15) is 8.42 Å². The van der Waals surface area contributed by atoms with E-state index in [0.717, 1.165) is 17.0 Å². The second kappa shape index (κ2) is 5.01. The number of benzene rings is 1. The predicted molar refractivity (Wildman–Crippen MR) is 71.1 cm³/mol. The Labute approximate surface area is 113 Å². The van der Waals surface area contributed by atoms with Crippen LogP contribution in [0, 0.1) is 20.8 Å². The summed E-state index contributed by atoms with van der Waals surface area (Å²) in [4.78, 5) is 0.147. The quantitative estimate of drug-likeness (QED) is 0.803. The smallest absolute Gasteiger partial charge is 0.176 e. The van der Waals surface area contributed by atoms with E-state index in [-0.39, 0.29) is 4.90 Å². The molecule has 0 fully saturated rings. The molecule has 1 aromatic carbocycles. The summed E-state index contributed by atoms with van der Waals surface area (Å²) in [6, 6.07) is 12.0. The molecule has 0 radical (unpaired) electrons. The lowest BCUT2D eigenvalue weighted by atomic mass is 10.2. The van der Waals surface area contributed by atoms with Crippen LogP contribution in [0.5, 0.6) is 0 Å². The van der Waals surface area contributed by atoms with Gasteiger partial charge < -0.3 is 0 Å². The average Bonchev–Trinajstić information content (AvgIpc) is 2.35. The van der Waals surface area contributed by atoms with Gasteiger partial charge in [-0.25, -0.2) is 0 Å². The topological polar surface area (TPSA) is 47.3 Å².